The van der Waals surface area contributed by atoms with Crippen LogP contribution in [0.4, 0.5) is 11.6 Å². The molecule has 1 unspecified atom stereocenters. The molecule has 2 N–H and O–H groups in total. The number of tetrazole rings is 1. The van der Waals surface area contributed by atoms with Crippen LogP contribution in [-0.2, 0) is 4.79 Å². The molecular formula is C22H24N6O4. The lowest BCUT2D eigenvalue weighted by Crippen LogP contribution is -2.31. The Balaban J connectivity index is 1.78. The molecule has 0 aliphatic carbocycles. The van der Waals surface area contributed by atoms with E-state index in [-0.39, 0.29) is 5.91 Å². The molecule has 0 saturated carbocycles. The van der Waals surface area contributed by atoms with Crippen molar-refractivity contribution in [1.29, 1.82) is 0 Å². The Morgan fingerprint density at radius 1 is 1.12 bits per heavy atom. The van der Waals surface area contributed by atoms with Crippen LogP contribution < -0.4 is 24.8 Å². The molecule has 1 aromatic heterocycles. The SMILES string of the molecule is CCOc1cc(C2C(C(=O)Nc3ccccc3OC)=C(C)Nc3nnnn32)ccc1OC. The Morgan fingerprint density at radius 3 is 2.66 bits per heavy atom. The average molecular weight is 436 g/mol. The van der Waals surface area contributed by atoms with E-state index in [4.69, 9.17) is 14.2 Å². The Kier molecular flexibility index (Phi) is 5.93. The van der Waals surface area contributed by atoms with Crippen LogP contribution in [0.2, 0.25) is 0 Å². The third-order valence-electron chi connectivity index (χ3n) is 5.12. The third kappa shape index (κ3) is 3.82. The minimum atomic E-state index is -0.582. The molecule has 1 atom stereocenters. The summed E-state index contributed by atoms with van der Waals surface area (Å²) in [5.74, 6) is 1.87. The summed E-state index contributed by atoms with van der Waals surface area (Å²) in [6.07, 6.45) is 0. The fraction of sp³-hybridized carbons (Fsp3) is 0.273. The number of allylic oxidation sites excluding steroid dienone is 1. The van der Waals surface area contributed by atoms with Gasteiger partial charge in [0.1, 0.15) is 11.8 Å². The van der Waals surface area contributed by atoms with E-state index in [0.717, 1.165) is 5.56 Å². The largest absolute Gasteiger partial charge is 0.495 e. The van der Waals surface area contributed by atoms with Crippen molar-refractivity contribution < 1.29 is 19.0 Å². The average Bonchev–Trinajstić information content (AvgIpc) is 3.26. The Hall–Kier alpha value is -4.08. The van der Waals surface area contributed by atoms with Crippen molar-refractivity contribution in [2.75, 3.05) is 31.5 Å². The number of aromatic nitrogens is 4. The number of amides is 1. The van der Waals surface area contributed by atoms with Gasteiger partial charge in [0.2, 0.25) is 5.95 Å². The predicted octanol–water partition coefficient (Wildman–Crippen LogP) is 3.02. The van der Waals surface area contributed by atoms with Gasteiger partial charge in [-0.3, -0.25) is 4.79 Å². The monoisotopic (exact) mass is 436 g/mol. The Labute approximate surface area is 185 Å². The van der Waals surface area contributed by atoms with E-state index in [1.165, 1.54) is 0 Å². The van der Waals surface area contributed by atoms with E-state index in [9.17, 15) is 4.79 Å². The van der Waals surface area contributed by atoms with Gasteiger partial charge >= 0.3 is 0 Å². The second-order valence-electron chi connectivity index (χ2n) is 7.01. The lowest BCUT2D eigenvalue weighted by molar-refractivity contribution is -0.113. The first kappa shape index (κ1) is 21.2. The number of nitrogens with one attached hydrogen (secondary N) is 2. The standard InChI is InChI=1S/C22H24N6O4/c1-5-32-18-12-14(10-11-17(18)31-4)20-19(13(2)23-22-25-26-27-28(20)22)21(29)24-15-8-6-7-9-16(15)30-3/h6-12,20H,5H2,1-4H3,(H,24,29)(H,23,25,27). The van der Waals surface area contributed by atoms with Gasteiger partial charge in [0.25, 0.3) is 5.91 Å². The number of rotatable bonds is 7. The second kappa shape index (κ2) is 8.96. The first-order chi connectivity index (χ1) is 15.6. The van der Waals surface area contributed by atoms with Gasteiger partial charge in [-0.1, -0.05) is 23.3 Å². The lowest BCUT2D eigenvalue weighted by Gasteiger charge is -2.28. The summed E-state index contributed by atoms with van der Waals surface area (Å²) in [6.45, 7) is 4.18. The maximum Gasteiger partial charge on any atom is 0.255 e. The highest BCUT2D eigenvalue weighted by atomic mass is 16.5. The highest BCUT2D eigenvalue weighted by Crippen LogP contribution is 2.39. The number of ether oxygens (including phenoxy) is 3. The minimum absolute atomic E-state index is 0.306. The summed E-state index contributed by atoms with van der Waals surface area (Å²) in [4.78, 5) is 13.5. The highest BCUT2D eigenvalue weighted by molar-refractivity contribution is 6.06. The zero-order chi connectivity index (χ0) is 22.7. The molecule has 166 valence electrons. The molecule has 10 nitrogen and oxygen atoms in total. The van der Waals surface area contributed by atoms with Gasteiger partial charge in [-0.05, 0) is 54.1 Å². The van der Waals surface area contributed by atoms with Crippen molar-refractivity contribution in [1.82, 2.24) is 20.2 Å². The molecule has 2 heterocycles. The van der Waals surface area contributed by atoms with E-state index >= 15 is 0 Å². The Bertz CT molecular complexity index is 1170. The first-order valence-electron chi connectivity index (χ1n) is 10.1. The summed E-state index contributed by atoms with van der Waals surface area (Å²) in [6, 6.07) is 12.2. The summed E-state index contributed by atoms with van der Waals surface area (Å²) in [7, 11) is 3.14. The van der Waals surface area contributed by atoms with Gasteiger partial charge in [-0.15, -0.1) is 0 Å². The highest BCUT2D eigenvalue weighted by Gasteiger charge is 2.34. The van der Waals surface area contributed by atoms with E-state index in [1.54, 1.807) is 37.1 Å². The number of hydrogen-bond acceptors (Lipinski definition) is 8. The molecule has 10 heteroatoms. The fourth-order valence-corrected chi connectivity index (χ4v) is 3.68. The lowest BCUT2D eigenvalue weighted by atomic mass is 9.94. The van der Waals surface area contributed by atoms with Crippen LogP contribution in [0.25, 0.3) is 0 Å². The van der Waals surface area contributed by atoms with E-state index in [2.05, 4.69) is 26.2 Å². The van der Waals surface area contributed by atoms with Gasteiger partial charge in [-0.25, -0.2) is 0 Å². The molecule has 1 aliphatic heterocycles. The fourth-order valence-electron chi connectivity index (χ4n) is 3.68. The van der Waals surface area contributed by atoms with Crippen LogP contribution in [0, 0.1) is 0 Å². The minimum Gasteiger partial charge on any atom is -0.495 e. The molecule has 4 rings (SSSR count). The molecule has 2 aromatic carbocycles. The van der Waals surface area contributed by atoms with Crippen LogP contribution in [-0.4, -0.2) is 46.9 Å². The topological polar surface area (TPSA) is 112 Å². The number of para-hydroxylation sites is 2. The van der Waals surface area contributed by atoms with Crippen LogP contribution in [0.3, 0.4) is 0 Å². The van der Waals surface area contributed by atoms with Gasteiger partial charge in [0.15, 0.2) is 11.5 Å². The van der Waals surface area contributed by atoms with Gasteiger partial charge < -0.3 is 24.8 Å². The smallest absolute Gasteiger partial charge is 0.255 e. The van der Waals surface area contributed by atoms with Crippen molar-refractivity contribution in [3.05, 3.63) is 59.3 Å². The first-order valence-corrected chi connectivity index (χ1v) is 10.1. The molecule has 0 spiro atoms. The molecule has 32 heavy (non-hydrogen) atoms. The predicted molar refractivity (Wildman–Crippen MR) is 118 cm³/mol. The molecule has 0 bridgehead atoms. The number of carbonyl (C=O) groups excluding carboxylic acids is 1. The van der Waals surface area contributed by atoms with Crippen molar-refractivity contribution in [3.63, 3.8) is 0 Å². The van der Waals surface area contributed by atoms with Gasteiger partial charge in [-0.2, -0.15) is 4.68 Å². The third-order valence-corrected chi connectivity index (χ3v) is 5.12. The number of hydrogen-bond donors (Lipinski definition) is 2. The van der Waals surface area contributed by atoms with Crippen LogP contribution in [0.15, 0.2) is 53.7 Å². The van der Waals surface area contributed by atoms with Gasteiger partial charge in [0.05, 0.1) is 32.1 Å². The van der Waals surface area contributed by atoms with Crippen molar-refractivity contribution >= 4 is 17.5 Å². The van der Waals surface area contributed by atoms with E-state index < -0.39 is 6.04 Å². The summed E-state index contributed by atoms with van der Waals surface area (Å²) in [5, 5.41) is 18.0. The van der Waals surface area contributed by atoms with Crippen LogP contribution in [0.5, 0.6) is 17.2 Å². The molecule has 3 aromatic rings. The van der Waals surface area contributed by atoms with Crippen molar-refractivity contribution in [2.24, 2.45) is 0 Å². The molecule has 0 radical (unpaired) electrons. The maximum absolute atomic E-state index is 13.5. The summed E-state index contributed by atoms with van der Waals surface area (Å²) >= 11 is 0. The van der Waals surface area contributed by atoms with Crippen LogP contribution >= 0.6 is 0 Å². The number of fused-ring (bicyclic) bond motifs is 1. The quantitative estimate of drug-likeness (QED) is 0.581. The number of carbonyl (C=O) groups is 1. The molecule has 1 amide bonds. The number of nitrogens with zero attached hydrogens (tertiary/aromatic N) is 4. The van der Waals surface area contributed by atoms with Crippen LogP contribution in [0.1, 0.15) is 25.5 Å². The number of benzene rings is 2. The normalized spacial score (nSPS) is 14.9. The summed E-state index contributed by atoms with van der Waals surface area (Å²) in [5.41, 5.74) is 2.43. The maximum atomic E-state index is 13.5. The second-order valence-corrected chi connectivity index (χ2v) is 7.01. The molecule has 0 fully saturated rings. The Morgan fingerprint density at radius 2 is 1.91 bits per heavy atom. The zero-order valence-corrected chi connectivity index (χ0v) is 18.2. The van der Waals surface area contributed by atoms with E-state index in [0.29, 0.717) is 46.8 Å². The molecule has 1 aliphatic rings. The number of anilines is 2. The number of methoxy groups -OCH3 is 2. The molecular weight excluding hydrogens is 412 g/mol. The summed E-state index contributed by atoms with van der Waals surface area (Å²) < 4.78 is 18.1. The zero-order valence-electron chi connectivity index (χ0n) is 18.2. The van der Waals surface area contributed by atoms with Gasteiger partial charge in [0, 0.05) is 5.70 Å². The van der Waals surface area contributed by atoms with Crippen molar-refractivity contribution in [3.8, 4) is 17.2 Å². The van der Waals surface area contributed by atoms with E-state index in [1.807, 2.05) is 38.1 Å². The van der Waals surface area contributed by atoms with Crippen molar-refractivity contribution in [2.45, 2.75) is 19.9 Å². The molecule has 0 saturated heterocycles.